The lowest BCUT2D eigenvalue weighted by atomic mass is 9.79. The van der Waals surface area contributed by atoms with Gasteiger partial charge in [0.15, 0.2) is 5.06 Å². The van der Waals surface area contributed by atoms with Crippen molar-refractivity contribution >= 4 is 17.2 Å². The average Bonchev–Trinajstić information content (AvgIpc) is 3.21. The smallest absolute Gasteiger partial charge is 0.290 e. The first kappa shape index (κ1) is 15.7. The predicted molar refractivity (Wildman–Crippen MR) is 92.9 cm³/mol. The van der Waals surface area contributed by atoms with E-state index in [4.69, 9.17) is 9.15 Å². The highest BCUT2D eigenvalue weighted by molar-refractivity contribution is 7.15. The van der Waals surface area contributed by atoms with E-state index in [1.54, 1.807) is 6.07 Å². The van der Waals surface area contributed by atoms with Crippen LogP contribution >= 0.6 is 11.3 Å². The number of ether oxygens (including phenoxy) is 1. The van der Waals surface area contributed by atoms with Gasteiger partial charge in [0.05, 0.1) is 4.88 Å². The molecule has 2 atom stereocenters. The van der Waals surface area contributed by atoms with Crippen molar-refractivity contribution in [2.75, 3.05) is 13.1 Å². The van der Waals surface area contributed by atoms with Crippen molar-refractivity contribution in [3.63, 3.8) is 0 Å². The molecule has 2 unspecified atom stereocenters. The molecule has 1 N–H and O–H groups in total. The number of nitrogens with zero attached hydrogens (tertiary/aromatic N) is 1. The zero-order valence-electron chi connectivity index (χ0n) is 14.0. The number of hydrogen-bond acceptors (Lipinski definition) is 5. The minimum atomic E-state index is -0.00363. The lowest BCUT2D eigenvalue weighted by Crippen LogP contribution is -2.62. The molecule has 0 spiro atoms. The van der Waals surface area contributed by atoms with Crippen molar-refractivity contribution in [2.45, 2.75) is 38.8 Å². The number of piperidine rings is 3. The standard InChI is InChI=1S/C18H22N2O3S/c1-11-3-5-15(22-11)23-16-6-4-14(24-16)18(21)19-17-12(2)20-9-7-13(17)8-10-20/h3-6,12-13,17H,7-10H2,1-2H3,(H,19,21). The van der Waals surface area contributed by atoms with E-state index in [1.165, 1.54) is 24.2 Å². The minimum absolute atomic E-state index is 0.00363. The second-order valence-corrected chi connectivity index (χ2v) is 7.75. The van der Waals surface area contributed by atoms with Crippen LogP contribution in [0.2, 0.25) is 0 Å². The molecule has 3 saturated heterocycles. The number of amides is 1. The summed E-state index contributed by atoms with van der Waals surface area (Å²) in [5.74, 6) is 1.86. The normalized spacial score (nSPS) is 28.8. The Morgan fingerprint density at radius 2 is 2.08 bits per heavy atom. The first-order chi connectivity index (χ1) is 11.6. The highest BCUT2D eigenvalue weighted by Gasteiger charge is 2.40. The first-order valence-corrected chi connectivity index (χ1v) is 9.31. The van der Waals surface area contributed by atoms with Crippen molar-refractivity contribution in [3.05, 3.63) is 34.9 Å². The van der Waals surface area contributed by atoms with Gasteiger partial charge >= 0.3 is 0 Å². The molecule has 1 amide bonds. The maximum Gasteiger partial charge on any atom is 0.290 e. The summed E-state index contributed by atoms with van der Waals surface area (Å²) in [5, 5.41) is 3.91. The SMILES string of the molecule is Cc1ccc(Oc2ccc(C(=O)NC3C4CCN(CC4)C3C)s2)o1. The van der Waals surface area contributed by atoms with E-state index >= 15 is 0 Å². The fourth-order valence-corrected chi connectivity index (χ4v) is 4.60. The second kappa shape index (κ2) is 6.26. The number of furan rings is 1. The molecule has 3 aliphatic heterocycles. The molecule has 5 heterocycles. The van der Waals surface area contributed by atoms with Gasteiger partial charge in [-0.1, -0.05) is 11.3 Å². The molecule has 3 aliphatic rings. The second-order valence-electron chi connectivity index (χ2n) is 6.70. The van der Waals surface area contributed by atoms with Gasteiger partial charge in [-0.05, 0) is 63.9 Å². The quantitative estimate of drug-likeness (QED) is 0.918. The number of carbonyl (C=O) groups excluding carboxylic acids is 1. The summed E-state index contributed by atoms with van der Waals surface area (Å²) in [6.07, 6.45) is 2.37. The number of fused-ring (bicyclic) bond motifs is 3. The largest absolute Gasteiger partial charge is 0.431 e. The maximum atomic E-state index is 12.6. The Kier molecular flexibility index (Phi) is 4.10. The molecule has 2 bridgehead atoms. The van der Waals surface area contributed by atoms with Crippen LogP contribution < -0.4 is 10.1 Å². The van der Waals surface area contributed by atoms with E-state index in [1.807, 2.05) is 25.1 Å². The fraction of sp³-hybridized carbons (Fsp3) is 0.500. The van der Waals surface area contributed by atoms with Gasteiger partial charge in [-0.2, -0.15) is 0 Å². The van der Waals surface area contributed by atoms with Crippen LogP contribution in [0.5, 0.6) is 11.0 Å². The van der Waals surface area contributed by atoms with Gasteiger partial charge in [0.25, 0.3) is 11.9 Å². The summed E-state index contributed by atoms with van der Waals surface area (Å²) in [5.41, 5.74) is 0. The summed E-state index contributed by atoms with van der Waals surface area (Å²) in [7, 11) is 0. The van der Waals surface area contributed by atoms with E-state index in [0.29, 0.717) is 27.8 Å². The molecule has 6 heteroatoms. The van der Waals surface area contributed by atoms with Crippen molar-refractivity contribution in [1.82, 2.24) is 10.2 Å². The molecule has 0 aliphatic carbocycles. The summed E-state index contributed by atoms with van der Waals surface area (Å²) < 4.78 is 11.1. The molecule has 128 valence electrons. The Hall–Kier alpha value is -1.79. The van der Waals surface area contributed by atoms with Crippen LogP contribution in [-0.4, -0.2) is 36.0 Å². The molecule has 2 aromatic rings. The van der Waals surface area contributed by atoms with E-state index in [-0.39, 0.29) is 11.9 Å². The van der Waals surface area contributed by atoms with Gasteiger partial charge in [-0.25, -0.2) is 0 Å². The summed E-state index contributed by atoms with van der Waals surface area (Å²) in [6.45, 7) is 6.42. The summed E-state index contributed by atoms with van der Waals surface area (Å²) in [4.78, 5) is 15.8. The molecule has 24 heavy (non-hydrogen) atoms. The lowest BCUT2D eigenvalue weighted by Gasteiger charge is -2.49. The van der Waals surface area contributed by atoms with Crippen LogP contribution in [0.15, 0.2) is 28.7 Å². The Bertz CT molecular complexity index is 728. The lowest BCUT2D eigenvalue weighted by molar-refractivity contribution is 0.0218. The Labute approximate surface area is 145 Å². The zero-order chi connectivity index (χ0) is 16.7. The third kappa shape index (κ3) is 2.96. The Morgan fingerprint density at radius 3 is 2.75 bits per heavy atom. The van der Waals surface area contributed by atoms with Gasteiger partial charge in [0.1, 0.15) is 5.76 Å². The van der Waals surface area contributed by atoms with Crippen LogP contribution in [0.25, 0.3) is 0 Å². The molecular weight excluding hydrogens is 324 g/mol. The number of rotatable bonds is 4. The molecular formula is C18H22N2O3S. The fourth-order valence-electron chi connectivity index (χ4n) is 3.83. The highest BCUT2D eigenvalue weighted by Crippen LogP contribution is 2.34. The molecule has 0 aromatic carbocycles. The van der Waals surface area contributed by atoms with Crippen LogP contribution in [0.3, 0.4) is 0 Å². The van der Waals surface area contributed by atoms with Gasteiger partial charge in [-0.3, -0.25) is 9.69 Å². The summed E-state index contributed by atoms with van der Waals surface area (Å²) in [6, 6.07) is 7.94. The predicted octanol–water partition coefficient (Wildman–Crippen LogP) is 3.65. The molecule has 0 saturated carbocycles. The highest BCUT2D eigenvalue weighted by atomic mass is 32.1. The van der Waals surface area contributed by atoms with E-state index in [0.717, 1.165) is 18.8 Å². The van der Waals surface area contributed by atoms with Gasteiger partial charge in [0.2, 0.25) is 0 Å². The number of hydrogen-bond donors (Lipinski definition) is 1. The number of aryl methyl sites for hydroxylation is 1. The third-order valence-electron chi connectivity index (χ3n) is 5.20. The Morgan fingerprint density at radius 1 is 1.29 bits per heavy atom. The Balaban J connectivity index is 1.41. The average molecular weight is 346 g/mol. The van der Waals surface area contributed by atoms with E-state index in [2.05, 4.69) is 17.1 Å². The first-order valence-electron chi connectivity index (χ1n) is 8.49. The van der Waals surface area contributed by atoms with E-state index in [9.17, 15) is 4.79 Å². The molecule has 2 aromatic heterocycles. The topological polar surface area (TPSA) is 54.7 Å². The van der Waals surface area contributed by atoms with Crippen LogP contribution in [0.4, 0.5) is 0 Å². The molecule has 5 nitrogen and oxygen atoms in total. The monoisotopic (exact) mass is 346 g/mol. The molecule has 0 radical (unpaired) electrons. The van der Waals surface area contributed by atoms with Crippen LogP contribution in [0, 0.1) is 12.8 Å². The van der Waals surface area contributed by atoms with Gasteiger partial charge < -0.3 is 14.5 Å². The van der Waals surface area contributed by atoms with Crippen molar-refractivity contribution < 1.29 is 13.9 Å². The number of thiophene rings is 1. The molecule has 5 rings (SSSR count). The van der Waals surface area contributed by atoms with Crippen molar-refractivity contribution in [3.8, 4) is 11.0 Å². The van der Waals surface area contributed by atoms with E-state index < -0.39 is 0 Å². The zero-order valence-corrected chi connectivity index (χ0v) is 14.8. The third-order valence-corrected chi connectivity index (χ3v) is 6.16. The van der Waals surface area contributed by atoms with Crippen LogP contribution in [0.1, 0.15) is 35.2 Å². The molecule has 3 fully saturated rings. The maximum absolute atomic E-state index is 12.6. The van der Waals surface area contributed by atoms with Gasteiger partial charge in [-0.15, -0.1) is 0 Å². The van der Waals surface area contributed by atoms with Crippen molar-refractivity contribution in [1.29, 1.82) is 0 Å². The number of carbonyl (C=O) groups is 1. The number of nitrogens with one attached hydrogen (secondary N) is 1. The van der Waals surface area contributed by atoms with Crippen LogP contribution in [-0.2, 0) is 0 Å². The van der Waals surface area contributed by atoms with Gasteiger partial charge in [0, 0.05) is 18.2 Å². The van der Waals surface area contributed by atoms with Crippen molar-refractivity contribution in [2.24, 2.45) is 5.92 Å². The summed E-state index contributed by atoms with van der Waals surface area (Å²) >= 11 is 1.35. The minimum Gasteiger partial charge on any atom is -0.431 e.